The number of rotatable bonds is 5. The lowest BCUT2D eigenvalue weighted by atomic mass is 9.78. The zero-order chi connectivity index (χ0) is 23.1. The molecule has 0 saturated carbocycles. The van der Waals surface area contributed by atoms with E-state index in [-0.39, 0.29) is 17.9 Å². The molecule has 0 bridgehead atoms. The fourth-order valence-electron chi connectivity index (χ4n) is 5.04. The molecule has 1 aromatic heterocycles. The molecule has 168 valence electrons. The van der Waals surface area contributed by atoms with Gasteiger partial charge in [-0.3, -0.25) is 4.79 Å². The minimum absolute atomic E-state index is 0.0311. The Morgan fingerprint density at radius 2 is 1.73 bits per heavy atom. The second-order valence-electron chi connectivity index (χ2n) is 8.51. The summed E-state index contributed by atoms with van der Waals surface area (Å²) in [7, 11) is 3.85. The van der Waals surface area contributed by atoms with Crippen molar-refractivity contribution in [3.8, 4) is 0 Å². The Hall–Kier alpha value is -3.22. The Morgan fingerprint density at radius 1 is 0.970 bits per heavy atom. The van der Waals surface area contributed by atoms with Crippen LogP contribution in [0.2, 0.25) is 0 Å². The van der Waals surface area contributed by atoms with Gasteiger partial charge >= 0.3 is 0 Å². The van der Waals surface area contributed by atoms with Crippen LogP contribution in [0.4, 0.5) is 5.69 Å². The maximum Gasteiger partial charge on any atom is 0.254 e. The molecule has 6 heteroatoms. The number of likely N-dealkylation sites (N-methyl/N-ethyl adjacent to an activating group) is 1. The van der Waals surface area contributed by atoms with Gasteiger partial charge in [0.2, 0.25) is 0 Å². The Balaban J connectivity index is 1.65. The third-order valence-corrected chi connectivity index (χ3v) is 7.32. The van der Waals surface area contributed by atoms with E-state index in [9.17, 15) is 9.90 Å². The summed E-state index contributed by atoms with van der Waals surface area (Å²) in [5, 5.41) is 16.0. The van der Waals surface area contributed by atoms with E-state index >= 15 is 0 Å². The number of hydrogen-bond acceptors (Lipinski definition) is 4. The molecule has 1 amide bonds. The lowest BCUT2D eigenvalue weighted by Gasteiger charge is -2.42. The van der Waals surface area contributed by atoms with E-state index in [2.05, 4.69) is 28.2 Å². The highest BCUT2D eigenvalue weighted by molar-refractivity contribution is 7.98. The van der Waals surface area contributed by atoms with Gasteiger partial charge in [0.25, 0.3) is 5.91 Å². The first-order valence-corrected chi connectivity index (χ1v) is 12.2. The summed E-state index contributed by atoms with van der Waals surface area (Å²) in [6.45, 7) is 0. The Morgan fingerprint density at radius 3 is 2.55 bits per heavy atom. The van der Waals surface area contributed by atoms with Crippen LogP contribution in [0, 0.1) is 0 Å². The molecule has 3 aromatic carbocycles. The highest BCUT2D eigenvalue weighted by atomic mass is 32.2. The molecule has 1 aliphatic rings. The Labute approximate surface area is 198 Å². The van der Waals surface area contributed by atoms with E-state index in [4.69, 9.17) is 0 Å². The SMILES string of the molecule is CSc1cccc(NC(O)C2c3ccccc3C(=O)N(C)C2c2cn(C)c3ccccc23)c1. The van der Waals surface area contributed by atoms with Gasteiger partial charge in [0, 0.05) is 52.9 Å². The number of nitrogens with one attached hydrogen (secondary N) is 1. The molecule has 5 rings (SSSR count). The number of fused-ring (bicyclic) bond motifs is 2. The van der Waals surface area contributed by atoms with Gasteiger partial charge < -0.3 is 19.9 Å². The van der Waals surface area contributed by atoms with Crippen LogP contribution < -0.4 is 5.32 Å². The Kier molecular flexibility index (Phi) is 5.64. The van der Waals surface area contributed by atoms with Crippen LogP contribution in [0.3, 0.4) is 0 Å². The number of amides is 1. The first kappa shape index (κ1) is 21.6. The van der Waals surface area contributed by atoms with E-state index < -0.39 is 6.23 Å². The minimum Gasteiger partial charge on any atom is -0.373 e. The van der Waals surface area contributed by atoms with Crippen molar-refractivity contribution in [2.75, 3.05) is 18.6 Å². The molecule has 1 aliphatic heterocycles. The smallest absolute Gasteiger partial charge is 0.254 e. The van der Waals surface area contributed by atoms with E-state index in [0.29, 0.717) is 5.56 Å². The van der Waals surface area contributed by atoms with E-state index in [1.807, 2.05) is 81.0 Å². The van der Waals surface area contributed by atoms with Gasteiger partial charge in [-0.1, -0.05) is 42.5 Å². The van der Waals surface area contributed by atoms with Crippen LogP contribution in [-0.2, 0) is 7.05 Å². The molecule has 0 aliphatic carbocycles. The highest BCUT2D eigenvalue weighted by Crippen LogP contribution is 2.46. The van der Waals surface area contributed by atoms with Crippen LogP contribution in [0.25, 0.3) is 10.9 Å². The second-order valence-corrected chi connectivity index (χ2v) is 9.39. The molecule has 3 atom stereocenters. The Bertz CT molecular complexity index is 1330. The molecule has 3 unspecified atom stereocenters. The predicted molar refractivity (Wildman–Crippen MR) is 135 cm³/mol. The van der Waals surface area contributed by atoms with Crippen molar-refractivity contribution in [3.63, 3.8) is 0 Å². The summed E-state index contributed by atoms with van der Waals surface area (Å²) >= 11 is 1.66. The molecule has 4 aromatic rings. The summed E-state index contributed by atoms with van der Waals surface area (Å²) in [6, 6.07) is 23.5. The second kappa shape index (κ2) is 8.61. The van der Waals surface area contributed by atoms with Crippen LogP contribution in [0.15, 0.2) is 83.9 Å². The molecule has 2 heterocycles. The average molecular weight is 458 g/mol. The van der Waals surface area contributed by atoms with Gasteiger partial charge in [-0.2, -0.15) is 0 Å². The lowest BCUT2D eigenvalue weighted by Crippen LogP contribution is -2.45. The minimum atomic E-state index is -0.900. The van der Waals surface area contributed by atoms with Crippen LogP contribution in [0.5, 0.6) is 0 Å². The molecule has 33 heavy (non-hydrogen) atoms. The van der Waals surface area contributed by atoms with Crippen molar-refractivity contribution >= 4 is 34.3 Å². The van der Waals surface area contributed by atoms with Gasteiger partial charge in [-0.25, -0.2) is 0 Å². The molecule has 0 fully saturated rings. The quantitative estimate of drug-likeness (QED) is 0.318. The number of aromatic nitrogens is 1. The number of carbonyl (C=O) groups is 1. The standard InChI is InChI=1S/C27H27N3O2S/c1-29-16-22(19-11-6-7-14-23(19)29)25-24(20-12-4-5-13-21(20)27(32)30(25)2)26(31)28-17-9-8-10-18(15-17)33-3/h4-16,24-26,28,31H,1-3H3. The van der Waals surface area contributed by atoms with E-state index in [0.717, 1.165) is 32.6 Å². The number of hydrogen-bond donors (Lipinski definition) is 2. The highest BCUT2D eigenvalue weighted by Gasteiger charge is 2.43. The summed E-state index contributed by atoms with van der Waals surface area (Å²) in [4.78, 5) is 16.3. The number of nitrogens with zero attached hydrogens (tertiary/aromatic N) is 2. The molecular formula is C27H27N3O2S. The van der Waals surface area contributed by atoms with Crippen molar-refractivity contribution in [2.24, 2.45) is 7.05 Å². The number of carbonyl (C=O) groups excluding carboxylic acids is 1. The van der Waals surface area contributed by atoms with Gasteiger partial charge in [0.15, 0.2) is 0 Å². The topological polar surface area (TPSA) is 57.5 Å². The van der Waals surface area contributed by atoms with E-state index in [1.165, 1.54) is 0 Å². The summed E-state index contributed by atoms with van der Waals surface area (Å²) in [5.41, 5.74) is 4.48. The third kappa shape index (κ3) is 3.69. The fourth-order valence-corrected chi connectivity index (χ4v) is 5.50. The van der Waals surface area contributed by atoms with Crippen LogP contribution >= 0.6 is 11.8 Å². The van der Waals surface area contributed by atoms with Crippen molar-refractivity contribution in [2.45, 2.75) is 23.1 Å². The predicted octanol–water partition coefficient (Wildman–Crippen LogP) is 5.24. The van der Waals surface area contributed by atoms with Gasteiger partial charge in [0.05, 0.1) is 12.0 Å². The maximum absolute atomic E-state index is 13.4. The van der Waals surface area contributed by atoms with Crippen molar-refractivity contribution in [1.82, 2.24) is 9.47 Å². The van der Waals surface area contributed by atoms with Gasteiger partial charge in [-0.15, -0.1) is 11.8 Å². The molecule has 2 N–H and O–H groups in total. The monoisotopic (exact) mass is 457 g/mol. The number of aliphatic hydroxyl groups excluding tert-OH is 1. The molecule has 5 nitrogen and oxygen atoms in total. The van der Waals surface area contributed by atoms with Crippen LogP contribution in [0.1, 0.15) is 33.4 Å². The number of aliphatic hydroxyl groups is 1. The first-order valence-electron chi connectivity index (χ1n) is 11.0. The summed E-state index contributed by atoms with van der Waals surface area (Å²) in [5.74, 6) is -0.385. The fraction of sp³-hybridized carbons (Fsp3) is 0.222. The average Bonchev–Trinajstić information content (AvgIpc) is 3.17. The van der Waals surface area contributed by atoms with Crippen molar-refractivity contribution in [3.05, 3.63) is 95.7 Å². The first-order chi connectivity index (χ1) is 16.0. The van der Waals surface area contributed by atoms with Crippen molar-refractivity contribution < 1.29 is 9.90 Å². The zero-order valence-electron chi connectivity index (χ0n) is 18.9. The number of para-hydroxylation sites is 1. The van der Waals surface area contributed by atoms with Gasteiger partial charge in [0.1, 0.15) is 6.23 Å². The summed E-state index contributed by atoms with van der Waals surface area (Å²) in [6.07, 6.45) is 3.22. The number of anilines is 1. The molecular weight excluding hydrogens is 430 g/mol. The van der Waals surface area contributed by atoms with Crippen LogP contribution in [-0.4, -0.2) is 40.0 Å². The normalized spacial score (nSPS) is 18.9. The maximum atomic E-state index is 13.4. The van der Waals surface area contributed by atoms with Crippen molar-refractivity contribution in [1.29, 1.82) is 0 Å². The number of benzene rings is 3. The largest absolute Gasteiger partial charge is 0.373 e. The molecule has 0 radical (unpaired) electrons. The number of aryl methyl sites for hydroxylation is 1. The molecule has 0 spiro atoms. The third-order valence-electron chi connectivity index (χ3n) is 6.60. The lowest BCUT2D eigenvalue weighted by molar-refractivity contribution is 0.0554. The molecule has 0 saturated heterocycles. The number of thioether (sulfide) groups is 1. The van der Waals surface area contributed by atoms with Gasteiger partial charge in [-0.05, 0) is 42.2 Å². The zero-order valence-corrected chi connectivity index (χ0v) is 19.7. The summed E-state index contributed by atoms with van der Waals surface area (Å²) < 4.78 is 2.09. The van der Waals surface area contributed by atoms with E-state index in [1.54, 1.807) is 16.7 Å².